The average Bonchev–Trinajstić information content (AvgIpc) is 2.90. The Morgan fingerprint density at radius 1 is 1.55 bits per heavy atom. The first-order valence-corrected chi connectivity index (χ1v) is 7.53. The van der Waals surface area contributed by atoms with E-state index in [0.29, 0.717) is 36.6 Å². The maximum atomic E-state index is 12.8. The Morgan fingerprint density at radius 2 is 2.32 bits per heavy atom. The number of nitrogens with zero attached hydrogens (tertiary/aromatic N) is 1. The summed E-state index contributed by atoms with van der Waals surface area (Å²) in [5.74, 6) is 0.187. The third kappa shape index (κ3) is 2.43. The Kier molecular flexibility index (Phi) is 3.56. The molecule has 1 saturated heterocycles. The zero-order valence-corrected chi connectivity index (χ0v) is 12.9. The highest BCUT2D eigenvalue weighted by atomic mass is 16.5. The van der Waals surface area contributed by atoms with Crippen LogP contribution in [0.15, 0.2) is 18.2 Å². The summed E-state index contributed by atoms with van der Waals surface area (Å²) in [6.07, 6.45) is 0.299. The zero-order chi connectivity index (χ0) is 15.9. The molecule has 0 bridgehead atoms. The van der Waals surface area contributed by atoms with Crippen molar-refractivity contribution < 1.29 is 14.3 Å². The summed E-state index contributed by atoms with van der Waals surface area (Å²) >= 11 is 0. The largest absolute Gasteiger partial charge is 0.478 e. The van der Waals surface area contributed by atoms with E-state index in [1.165, 1.54) is 0 Å². The van der Waals surface area contributed by atoms with Crippen LogP contribution >= 0.6 is 0 Å². The lowest BCUT2D eigenvalue weighted by molar-refractivity contribution is -0.122. The van der Waals surface area contributed by atoms with Gasteiger partial charge in [0.1, 0.15) is 0 Å². The van der Waals surface area contributed by atoms with Crippen LogP contribution in [0.4, 0.5) is 5.69 Å². The number of para-hydroxylation sites is 1. The number of rotatable bonds is 2. The Balaban J connectivity index is 1.89. The van der Waals surface area contributed by atoms with Gasteiger partial charge in [0.2, 0.25) is 0 Å². The number of amides is 2. The molecule has 6 heteroatoms. The second kappa shape index (κ2) is 5.28. The molecule has 1 fully saturated rings. The van der Waals surface area contributed by atoms with Crippen molar-refractivity contribution in [1.82, 2.24) is 4.90 Å². The van der Waals surface area contributed by atoms with E-state index in [1.54, 1.807) is 25.1 Å². The predicted molar refractivity (Wildman–Crippen MR) is 82.8 cm³/mol. The number of carbonyl (C=O) groups is 2. The summed E-state index contributed by atoms with van der Waals surface area (Å²) in [6, 6.07) is 5.23. The Bertz CT molecular complexity index is 631. The molecule has 3 rings (SSSR count). The SMILES string of the molecule is CC1Oc2c(cccc2C(=O)N2CCC(C)(CN)C2)NC1=O. The Hall–Kier alpha value is -2.08. The Labute approximate surface area is 129 Å². The summed E-state index contributed by atoms with van der Waals surface area (Å²) in [7, 11) is 0. The molecule has 0 saturated carbocycles. The fraction of sp³-hybridized carbons (Fsp3) is 0.500. The minimum absolute atomic E-state index is 0.0210. The van der Waals surface area contributed by atoms with Gasteiger partial charge in [-0.25, -0.2) is 0 Å². The van der Waals surface area contributed by atoms with E-state index in [0.717, 1.165) is 6.42 Å². The molecule has 6 nitrogen and oxygen atoms in total. The van der Waals surface area contributed by atoms with Gasteiger partial charge < -0.3 is 20.7 Å². The molecule has 0 radical (unpaired) electrons. The van der Waals surface area contributed by atoms with Crippen molar-refractivity contribution in [3.63, 3.8) is 0 Å². The monoisotopic (exact) mass is 303 g/mol. The molecule has 2 aliphatic heterocycles. The van der Waals surface area contributed by atoms with E-state index < -0.39 is 6.10 Å². The number of likely N-dealkylation sites (tertiary alicyclic amines) is 1. The van der Waals surface area contributed by atoms with Gasteiger partial charge in [0, 0.05) is 13.1 Å². The van der Waals surface area contributed by atoms with Crippen LogP contribution in [0.3, 0.4) is 0 Å². The van der Waals surface area contributed by atoms with Crippen LogP contribution in [0, 0.1) is 5.41 Å². The molecule has 118 valence electrons. The smallest absolute Gasteiger partial charge is 0.265 e. The molecular formula is C16H21N3O3. The van der Waals surface area contributed by atoms with E-state index >= 15 is 0 Å². The van der Waals surface area contributed by atoms with Crippen LogP contribution in [0.2, 0.25) is 0 Å². The molecule has 22 heavy (non-hydrogen) atoms. The molecule has 3 N–H and O–H groups in total. The lowest BCUT2D eigenvalue weighted by Gasteiger charge is -2.27. The standard InChI is InChI=1S/C16H21N3O3/c1-10-14(20)18-12-5-3-4-11(13(12)22-10)15(21)19-7-6-16(2,8-17)9-19/h3-5,10H,6-9,17H2,1-2H3,(H,18,20). The number of hydrogen-bond donors (Lipinski definition) is 2. The van der Waals surface area contributed by atoms with Gasteiger partial charge in [0.05, 0.1) is 11.3 Å². The summed E-state index contributed by atoms with van der Waals surface area (Å²) < 4.78 is 5.65. The molecule has 2 atom stereocenters. The second-order valence-corrected chi connectivity index (χ2v) is 6.42. The zero-order valence-electron chi connectivity index (χ0n) is 12.9. The van der Waals surface area contributed by atoms with Gasteiger partial charge in [-0.2, -0.15) is 0 Å². The van der Waals surface area contributed by atoms with Crippen LogP contribution < -0.4 is 15.8 Å². The normalized spacial score (nSPS) is 27.1. The summed E-state index contributed by atoms with van der Waals surface area (Å²) in [5, 5.41) is 2.77. The first-order valence-electron chi connectivity index (χ1n) is 7.53. The maximum absolute atomic E-state index is 12.8. The van der Waals surface area contributed by atoms with Crippen molar-refractivity contribution in [2.24, 2.45) is 11.1 Å². The third-order valence-electron chi connectivity index (χ3n) is 4.51. The van der Waals surface area contributed by atoms with E-state index in [2.05, 4.69) is 12.2 Å². The van der Waals surface area contributed by atoms with Crippen LogP contribution in [0.1, 0.15) is 30.6 Å². The molecule has 2 amide bonds. The molecule has 0 aliphatic carbocycles. The van der Waals surface area contributed by atoms with Crippen LogP contribution in [-0.4, -0.2) is 42.5 Å². The Morgan fingerprint density at radius 3 is 3.00 bits per heavy atom. The number of ether oxygens (including phenoxy) is 1. The lowest BCUT2D eigenvalue weighted by atomic mass is 9.90. The van der Waals surface area contributed by atoms with Gasteiger partial charge in [-0.05, 0) is 37.4 Å². The molecule has 2 aliphatic rings. The number of fused-ring (bicyclic) bond motifs is 1. The molecule has 0 spiro atoms. The van der Waals surface area contributed by atoms with Gasteiger partial charge in [-0.15, -0.1) is 0 Å². The fourth-order valence-corrected chi connectivity index (χ4v) is 2.93. The van der Waals surface area contributed by atoms with Gasteiger partial charge in [0.15, 0.2) is 11.9 Å². The number of anilines is 1. The summed E-state index contributed by atoms with van der Waals surface area (Å²) in [4.78, 5) is 26.3. The van der Waals surface area contributed by atoms with Crippen molar-refractivity contribution in [2.75, 3.05) is 25.0 Å². The highest BCUT2D eigenvalue weighted by Crippen LogP contribution is 2.36. The molecule has 1 aromatic rings. The predicted octanol–water partition coefficient (Wildman–Crippen LogP) is 1.22. The molecule has 1 aromatic carbocycles. The number of nitrogens with one attached hydrogen (secondary N) is 1. The van der Waals surface area contributed by atoms with Crippen LogP contribution in [-0.2, 0) is 4.79 Å². The van der Waals surface area contributed by atoms with Crippen molar-refractivity contribution in [1.29, 1.82) is 0 Å². The topological polar surface area (TPSA) is 84.7 Å². The third-order valence-corrected chi connectivity index (χ3v) is 4.51. The lowest BCUT2D eigenvalue weighted by Crippen LogP contribution is -2.37. The van der Waals surface area contributed by atoms with E-state index in [-0.39, 0.29) is 17.2 Å². The van der Waals surface area contributed by atoms with Gasteiger partial charge in [0.25, 0.3) is 11.8 Å². The van der Waals surface area contributed by atoms with E-state index in [9.17, 15) is 9.59 Å². The number of nitrogens with two attached hydrogens (primary N) is 1. The summed E-state index contributed by atoms with van der Waals surface area (Å²) in [5.41, 5.74) is 6.82. The van der Waals surface area contributed by atoms with Gasteiger partial charge in [-0.3, -0.25) is 9.59 Å². The molecule has 2 unspecified atom stereocenters. The maximum Gasteiger partial charge on any atom is 0.265 e. The minimum Gasteiger partial charge on any atom is -0.478 e. The minimum atomic E-state index is -0.602. The first kappa shape index (κ1) is 14.8. The van der Waals surface area contributed by atoms with Crippen molar-refractivity contribution in [3.8, 4) is 5.75 Å². The molecular weight excluding hydrogens is 282 g/mol. The number of carbonyl (C=O) groups excluding carboxylic acids is 2. The van der Waals surface area contributed by atoms with E-state index in [1.807, 2.05) is 4.90 Å². The van der Waals surface area contributed by atoms with Crippen molar-refractivity contribution in [3.05, 3.63) is 23.8 Å². The highest BCUT2D eigenvalue weighted by Gasteiger charge is 2.37. The number of hydrogen-bond acceptors (Lipinski definition) is 4. The molecule has 0 aromatic heterocycles. The van der Waals surface area contributed by atoms with Gasteiger partial charge in [-0.1, -0.05) is 13.0 Å². The fourth-order valence-electron chi connectivity index (χ4n) is 2.93. The van der Waals surface area contributed by atoms with Crippen molar-refractivity contribution in [2.45, 2.75) is 26.4 Å². The highest BCUT2D eigenvalue weighted by molar-refractivity contribution is 6.04. The second-order valence-electron chi connectivity index (χ2n) is 6.42. The number of benzene rings is 1. The van der Waals surface area contributed by atoms with Crippen molar-refractivity contribution >= 4 is 17.5 Å². The average molecular weight is 303 g/mol. The van der Waals surface area contributed by atoms with E-state index in [4.69, 9.17) is 10.5 Å². The van der Waals surface area contributed by atoms with Crippen LogP contribution in [0.5, 0.6) is 5.75 Å². The first-order chi connectivity index (χ1) is 10.4. The van der Waals surface area contributed by atoms with Crippen LogP contribution in [0.25, 0.3) is 0 Å². The molecule has 2 heterocycles. The van der Waals surface area contributed by atoms with Gasteiger partial charge >= 0.3 is 0 Å². The summed E-state index contributed by atoms with van der Waals surface area (Å²) in [6.45, 7) is 5.67. The quantitative estimate of drug-likeness (QED) is 0.860.